The van der Waals surface area contributed by atoms with Gasteiger partial charge in [0.2, 0.25) is 0 Å². The van der Waals surface area contributed by atoms with Crippen molar-refractivity contribution < 1.29 is 9.53 Å². The molecule has 2 aromatic heterocycles. The fraction of sp³-hybridized carbons (Fsp3) is 0.273. The zero-order valence-electron chi connectivity index (χ0n) is 17.6. The van der Waals surface area contributed by atoms with Gasteiger partial charge in [0.25, 0.3) is 0 Å². The van der Waals surface area contributed by atoms with Crippen molar-refractivity contribution in [3.8, 4) is 5.75 Å². The number of methoxy groups -OCH3 is 1. The number of benzene rings is 1. The van der Waals surface area contributed by atoms with Crippen molar-refractivity contribution in [2.75, 3.05) is 48.8 Å². The van der Waals surface area contributed by atoms with E-state index < -0.39 is 0 Å². The van der Waals surface area contributed by atoms with Gasteiger partial charge in [-0.05, 0) is 55.0 Å². The number of nitrogens with one attached hydrogen (secondary N) is 2. The molecule has 0 aliphatic carbocycles. The predicted molar refractivity (Wildman–Crippen MR) is 120 cm³/mol. The van der Waals surface area contributed by atoms with E-state index in [4.69, 9.17) is 4.74 Å². The van der Waals surface area contributed by atoms with E-state index in [1.807, 2.05) is 60.4 Å². The summed E-state index contributed by atoms with van der Waals surface area (Å²) in [6.07, 6.45) is 1.72. The molecule has 1 aliphatic heterocycles. The Labute approximate surface area is 181 Å². The summed E-state index contributed by atoms with van der Waals surface area (Å²) < 4.78 is 5.22. The molecule has 4 rings (SSSR count). The SMILES string of the molecule is COc1ccc(NC(=O)N2CCN(c3ccc(Nc4ccccn4)nn3)CC2)c(C)c1. The Morgan fingerprint density at radius 2 is 1.84 bits per heavy atom. The van der Waals surface area contributed by atoms with Gasteiger partial charge in [-0.15, -0.1) is 10.2 Å². The van der Waals surface area contributed by atoms with Gasteiger partial charge in [-0.3, -0.25) is 0 Å². The smallest absolute Gasteiger partial charge is 0.321 e. The van der Waals surface area contributed by atoms with Crippen molar-refractivity contribution in [2.24, 2.45) is 0 Å². The number of amides is 2. The van der Waals surface area contributed by atoms with E-state index in [1.165, 1.54) is 0 Å². The molecule has 1 aromatic carbocycles. The number of rotatable bonds is 5. The average molecular weight is 419 g/mol. The van der Waals surface area contributed by atoms with Crippen molar-refractivity contribution in [1.29, 1.82) is 0 Å². The van der Waals surface area contributed by atoms with Gasteiger partial charge in [-0.2, -0.15) is 0 Å². The minimum atomic E-state index is -0.103. The highest BCUT2D eigenvalue weighted by Gasteiger charge is 2.22. The summed E-state index contributed by atoms with van der Waals surface area (Å²) in [4.78, 5) is 20.8. The van der Waals surface area contributed by atoms with Gasteiger partial charge in [-0.1, -0.05) is 6.07 Å². The van der Waals surface area contributed by atoms with Crippen molar-refractivity contribution in [1.82, 2.24) is 20.1 Å². The fourth-order valence-electron chi connectivity index (χ4n) is 3.36. The number of urea groups is 1. The van der Waals surface area contributed by atoms with Crippen LogP contribution in [0, 0.1) is 6.92 Å². The van der Waals surface area contributed by atoms with Crippen molar-refractivity contribution in [3.05, 3.63) is 60.3 Å². The molecule has 0 unspecified atom stereocenters. The molecule has 0 radical (unpaired) electrons. The van der Waals surface area contributed by atoms with E-state index in [9.17, 15) is 4.79 Å². The van der Waals surface area contributed by atoms with Crippen molar-refractivity contribution >= 4 is 29.2 Å². The lowest BCUT2D eigenvalue weighted by molar-refractivity contribution is 0.208. The lowest BCUT2D eigenvalue weighted by atomic mass is 10.2. The molecule has 9 heteroatoms. The van der Waals surface area contributed by atoms with Crippen LogP contribution in [0.15, 0.2) is 54.7 Å². The number of hydrogen-bond donors (Lipinski definition) is 2. The number of ether oxygens (including phenoxy) is 1. The highest BCUT2D eigenvalue weighted by molar-refractivity contribution is 5.90. The monoisotopic (exact) mass is 419 g/mol. The van der Waals surface area contributed by atoms with Crippen LogP contribution >= 0.6 is 0 Å². The molecule has 2 amide bonds. The molecule has 0 atom stereocenters. The summed E-state index contributed by atoms with van der Waals surface area (Å²) in [7, 11) is 1.63. The normalized spacial score (nSPS) is 13.6. The Balaban J connectivity index is 1.30. The van der Waals surface area contributed by atoms with E-state index in [0.717, 1.165) is 28.6 Å². The van der Waals surface area contributed by atoms with E-state index in [-0.39, 0.29) is 6.03 Å². The quantitative estimate of drug-likeness (QED) is 0.655. The number of piperazine rings is 1. The number of carbonyl (C=O) groups excluding carboxylic acids is 1. The number of anilines is 4. The number of aryl methyl sites for hydroxylation is 1. The number of nitrogens with zero attached hydrogens (tertiary/aromatic N) is 5. The summed E-state index contributed by atoms with van der Waals surface area (Å²) in [6.45, 7) is 4.54. The van der Waals surface area contributed by atoms with Gasteiger partial charge in [0.05, 0.1) is 7.11 Å². The van der Waals surface area contributed by atoms with Gasteiger partial charge in [-0.25, -0.2) is 9.78 Å². The third kappa shape index (κ3) is 5.00. The van der Waals surface area contributed by atoms with Crippen molar-refractivity contribution in [2.45, 2.75) is 6.92 Å². The van der Waals surface area contributed by atoms with Gasteiger partial charge < -0.3 is 25.2 Å². The molecule has 1 saturated heterocycles. The molecular formula is C22H25N7O2. The molecular weight excluding hydrogens is 394 g/mol. The summed E-state index contributed by atoms with van der Waals surface area (Å²) in [6, 6.07) is 14.9. The molecule has 3 heterocycles. The van der Waals surface area contributed by atoms with Crippen LogP contribution in [0.4, 0.5) is 27.9 Å². The summed E-state index contributed by atoms with van der Waals surface area (Å²) in [5.74, 6) is 2.91. The second-order valence-corrected chi connectivity index (χ2v) is 7.20. The summed E-state index contributed by atoms with van der Waals surface area (Å²) in [5, 5.41) is 14.7. The Hall–Kier alpha value is -3.88. The zero-order chi connectivity index (χ0) is 21.6. The fourth-order valence-corrected chi connectivity index (χ4v) is 3.36. The second-order valence-electron chi connectivity index (χ2n) is 7.20. The summed E-state index contributed by atoms with van der Waals surface area (Å²) >= 11 is 0. The van der Waals surface area contributed by atoms with Gasteiger partial charge in [0.15, 0.2) is 11.6 Å². The zero-order valence-corrected chi connectivity index (χ0v) is 17.6. The number of pyridine rings is 1. The molecule has 1 aliphatic rings. The minimum absolute atomic E-state index is 0.103. The number of aromatic nitrogens is 3. The van der Waals surface area contributed by atoms with Crippen LogP contribution in [0.25, 0.3) is 0 Å². The maximum atomic E-state index is 12.7. The van der Waals surface area contributed by atoms with E-state index in [1.54, 1.807) is 13.3 Å². The molecule has 0 spiro atoms. The molecule has 1 fully saturated rings. The van der Waals surface area contributed by atoms with Gasteiger partial charge in [0, 0.05) is 38.1 Å². The summed E-state index contributed by atoms with van der Waals surface area (Å²) in [5.41, 5.74) is 1.75. The molecule has 3 aromatic rings. The van der Waals surface area contributed by atoms with E-state index >= 15 is 0 Å². The second kappa shape index (κ2) is 9.29. The third-order valence-electron chi connectivity index (χ3n) is 5.14. The van der Waals surface area contributed by atoms with E-state index in [2.05, 4.69) is 30.7 Å². The maximum absolute atomic E-state index is 12.7. The van der Waals surface area contributed by atoms with Crippen molar-refractivity contribution in [3.63, 3.8) is 0 Å². The Kier molecular flexibility index (Phi) is 6.11. The molecule has 0 saturated carbocycles. The Morgan fingerprint density at radius 1 is 1.00 bits per heavy atom. The first-order chi connectivity index (χ1) is 15.1. The van der Waals surface area contributed by atoms with Crippen LogP contribution in [0.1, 0.15) is 5.56 Å². The minimum Gasteiger partial charge on any atom is -0.497 e. The first-order valence-electron chi connectivity index (χ1n) is 10.1. The predicted octanol–water partition coefficient (Wildman–Crippen LogP) is 3.29. The highest BCUT2D eigenvalue weighted by atomic mass is 16.5. The first-order valence-corrected chi connectivity index (χ1v) is 10.1. The first kappa shape index (κ1) is 20.4. The molecule has 160 valence electrons. The van der Waals surface area contributed by atoms with Crippen LogP contribution in [-0.4, -0.2) is 59.4 Å². The Bertz CT molecular complexity index is 1020. The standard InChI is InChI=1S/C22H25N7O2/c1-16-15-17(31-2)6-7-18(16)24-22(30)29-13-11-28(12-14-29)21-9-8-20(26-27-21)25-19-5-3-4-10-23-19/h3-10,15H,11-14H2,1-2H3,(H,24,30)(H,23,25,26). The lowest BCUT2D eigenvalue weighted by Gasteiger charge is -2.35. The Morgan fingerprint density at radius 3 is 2.48 bits per heavy atom. The van der Waals surface area contributed by atoms with Crippen LogP contribution in [0.5, 0.6) is 5.75 Å². The lowest BCUT2D eigenvalue weighted by Crippen LogP contribution is -2.50. The average Bonchev–Trinajstić information content (AvgIpc) is 2.81. The maximum Gasteiger partial charge on any atom is 0.321 e. The van der Waals surface area contributed by atoms with Crippen LogP contribution in [0.3, 0.4) is 0 Å². The molecule has 31 heavy (non-hydrogen) atoms. The molecule has 9 nitrogen and oxygen atoms in total. The van der Waals surface area contributed by atoms with Gasteiger partial charge >= 0.3 is 6.03 Å². The molecule has 0 bridgehead atoms. The molecule has 2 N–H and O–H groups in total. The van der Waals surface area contributed by atoms with Crippen LogP contribution in [0.2, 0.25) is 0 Å². The number of hydrogen-bond acceptors (Lipinski definition) is 7. The topological polar surface area (TPSA) is 95.5 Å². The number of carbonyl (C=O) groups is 1. The van der Waals surface area contributed by atoms with Gasteiger partial charge in [0.1, 0.15) is 11.6 Å². The third-order valence-corrected chi connectivity index (χ3v) is 5.14. The van der Waals surface area contributed by atoms with E-state index in [0.29, 0.717) is 32.0 Å². The van der Waals surface area contributed by atoms with Crippen LogP contribution < -0.4 is 20.3 Å². The van der Waals surface area contributed by atoms with Crippen LogP contribution in [-0.2, 0) is 0 Å². The highest BCUT2D eigenvalue weighted by Crippen LogP contribution is 2.22. The largest absolute Gasteiger partial charge is 0.497 e.